The van der Waals surface area contributed by atoms with Gasteiger partial charge < -0.3 is 19.9 Å². The lowest BCUT2D eigenvalue weighted by Gasteiger charge is -2.35. The van der Waals surface area contributed by atoms with Gasteiger partial charge in [0.15, 0.2) is 0 Å². The van der Waals surface area contributed by atoms with Gasteiger partial charge in [-0.3, -0.25) is 0 Å². The van der Waals surface area contributed by atoms with Crippen LogP contribution in [0.3, 0.4) is 0 Å². The van der Waals surface area contributed by atoms with Crippen LogP contribution in [-0.4, -0.2) is 63.4 Å². The summed E-state index contributed by atoms with van der Waals surface area (Å²) in [6.07, 6.45) is 4.41. The molecule has 1 aromatic rings. The maximum atomic E-state index is 5.02. The molecule has 0 spiro atoms. The van der Waals surface area contributed by atoms with E-state index in [0.29, 0.717) is 6.04 Å². The summed E-state index contributed by atoms with van der Waals surface area (Å²) < 4.78 is 5.02. The molecule has 1 saturated heterocycles. The molecule has 0 aliphatic carbocycles. The standard InChI is InChI=1S/C16H28N4O/c1-19-9-6-15(7-10-19)20(2)16-5-4-14(13-18-16)12-17-8-11-21-3/h4-5,13,15,17H,6-12H2,1-3H3. The van der Waals surface area contributed by atoms with Gasteiger partial charge in [-0.25, -0.2) is 4.98 Å². The van der Waals surface area contributed by atoms with Crippen LogP contribution < -0.4 is 10.2 Å². The molecule has 1 aliphatic rings. The zero-order valence-corrected chi connectivity index (χ0v) is 13.5. The van der Waals surface area contributed by atoms with Crippen LogP contribution >= 0.6 is 0 Å². The second kappa shape index (κ2) is 8.32. The van der Waals surface area contributed by atoms with E-state index in [9.17, 15) is 0 Å². The van der Waals surface area contributed by atoms with Crippen molar-refractivity contribution in [2.45, 2.75) is 25.4 Å². The van der Waals surface area contributed by atoms with Crippen LogP contribution in [0, 0.1) is 0 Å². The molecule has 2 heterocycles. The average Bonchev–Trinajstić information content (AvgIpc) is 2.52. The number of piperidine rings is 1. The predicted octanol–water partition coefficient (Wildman–Crippen LogP) is 1.35. The zero-order valence-electron chi connectivity index (χ0n) is 13.5. The number of hydrogen-bond donors (Lipinski definition) is 1. The van der Waals surface area contributed by atoms with Gasteiger partial charge in [0.25, 0.3) is 0 Å². The van der Waals surface area contributed by atoms with Gasteiger partial charge in [-0.15, -0.1) is 0 Å². The highest BCUT2D eigenvalue weighted by atomic mass is 16.5. The molecule has 0 atom stereocenters. The minimum absolute atomic E-state index is 0.611. The normalized spacial score (nSPS) is 17.1. The minimum Gasteiger partial charge on any atom is -0.383 e. The van der Waals surface area contributed by atoms with Crippen LogP contribution in [0.25, 0.3) is 0 Å². The second-order valence-electron chi connectivity index (χ2n) is 5.84. The Kier molecular flexibility index (Phi) is 6.42. The fourth-order valence-corrected chi connectivity index (χ4v) is 2.71. The first kappa shape index (κ1) is 16.2. The molecule has 0 saturated carbocycles. The Balaban J connectivity index is 1.83. The third kappa shape index (κ3) is 4.95. The first-order valence-corrected chi connectivity index (χ1v) is 7.76. The largest absolute Gasteiger partial charge is 0.383 e. The highest BCUT2D eigenvalue weighted by Gasteiger charge is 2.21. The van der Waals surface area contributed by atoms with E-state index >= 15 is 0 Å². The molecule has 0 aromatic carbocycles. The molecule has 0 radical (unpaired) electrons. The minimum atomic E-state index is 0.611. The Labute approximate surface area is 128 Å². The number of nitrogens with one attached hydrogen (secondary N) is 1. The third-order valence-electron chi connectivity index (χ3n) is 4.22. The second-order valence-corrected chi connectivity index (χ2v) is 5.84. The molecule has 1 N–H and O–H groups in total. The molecule has 1 fully saturated rings. The number of nitrogens with zero attached hydrogens (tertiary/aromatic N) is 3. The Morgan fingerprint density at radius 2 is 2.14 bits per heavy atom. The molecule has 21 heavy (non-hydrogen) atoms. The van der Waals surface area contributed by atoms with Crippen LogP contribution in [0.15, 0.2) is 18.3 Å². The third-order valence-corrected chi connectivity index (χ3v) is 4.22. The molecule has 1 aromatic heterocycles. The number of rotatable bonds is 7. The number of likely N-dealkylation sites (tertiary alicyclic amines) is 1. The van der Waals surface area contributed by atoms with Gasteiger partial charge >= 0.3 is 0 Å². The predicted molar refractivity (Wildman–Crippen MR) is 86.7 cm³/mol. The topological polar surface area (TPSA) is 40.6 Å². The molecule has 5 nitrogen and oxygen atoms in total. The Morgan fingerprint density at radius 1 is 1.38 bits per heavy atom. The number of methoxy groups -OCH3 is 1. The van der Waals surface area contributed by atoms with Crippen LogP contribution in [0.4, 0.5) is 5.82 Å². The Hall–Kier alpha value is -1.17. The summed E-state index contributed by atoms with van der Waals surface area (Å²) in [6, 6.07) is 4.90. The van der Waals surface area contributed by atoms with Crippen molar-refractivity contribution in [2.24, 2.45) is 0 Å². The summed E-state index contributed by atoms with van der Waals surface area (Å²) in [5.74, 6) is 1.07. The van der Waals surface area contributed by atoms with E-state index < -0.39 is 0 Å². The van der Waals surface area contributed by atoms with E-state index in [1.54, 1.807) is 7.11 Å². The zero-order chi connectivity index (χ0) is 15.1. The van der Waals surface area contributed by atoms with E-state index in [1.165, 1.54) is 31.5 Å². The lowest BCUT2D eigenvalue weighted by Crippen LogP contribution is -2.42. The number of hydrogen-bond acceptors (Lipinski definition) is 5. The van der Waals surface area contributed by atoms with Crippen molar-refractivity contribution >= 4 is 5.82 Å². The highest BCUT2D eigenvalue weighted by Crippen LogP contribution is 2.19. The fourth-order valence-electron chi connectivity index (χ4n) is 2.71. The maximum Gasteiger partial charge on any atom is 0.128 e. The first-order chi connectivity index (χ1) is 10.2. The van der Waals surface area contributed by atoms with Crippen molar-refractivity contribution in [3.63, 3.8) is 0 Å². The molecule has 5 heteroatoms. The van der Waals surface area contributed by atoms with Crippen LogP contribution in [-0.2, 0) is 11.3 Å². The van der Waals surface area contributed by atoms with E-state index in [0.717, 1.165) is 25.5 Å². The van der Waals surface area contributed by atoms with Crippen molar-refractivity contribution in [3.8, 4) is 0 Å². The van der Waals surface area contributed by atoms with Crippen molar-refractivity contribution < 1.29 is 4.74 Å². The van der Waals surface area contributed by atoms with Gasteiger partial charge in [0.2, 0.25) is 0 Å². The van der Waals surface area contributed by atoms with Gasteiger partial charge in [0, 0.05) is 39.5 Å². The summed E-state index contributed by atoms with van der Waals surface area (Å²) in [5.41, 5.74) is 1.21. The van der Waals surface area contributed by atoms with E-state index in [2.05, 4.69) is 46.3 Å². The van der Waals surface area contributed by atoms with Gasteiger partial charge in [0.1, 0.15) is 5.82 Å². The van der Waals surface area contributed by atoms with Gasteiger partial charge in [-0.2, -0.15) is 0 Å². The lowest BCUT2D eigenvalue weighted by molar-refractivity contribution is 0.199. The number of anilines is 1. The Bertz CT molecular complexity index is 401. The highest BCUT2D eigenvalue weighted by molar-refractivity contribution is 5.39. The molecular weight excluding hydrogens is 264 g/mol. The van der Waals surface area contributed by atoms with E-state index in [4.69, 9.17) is 4.74 Å². The maximum absolute atomic E-state index is 5.02. The van der Waals surface area contributed by atoms with Gasteiger partial charge in [-0.05, 0) is 44.6 Å². The summed E-state index contributed by atoms with van der Waals surface area (Å²) in [6.45, 7) is 4.81. The average molecular weight is 292 g/mol. The summed E-state index contributed by atoms with van der Waals surface area (Å²) in [5, 5.41) is 3.34. The van der Waals surface area contributed by atoms with E-state index in [-0.39, 0.29) is 0 Å². The van der Waals surface area contributed by atoms with Crippen molar-refractivity contribution in [1.82, 2.24) is 15.2 Å². The number of pyridine rings is 1. The number of ether oxygens (including phenoxy) is 1. The lowest BCUT2D eigenvalue weighted by atomic mass is 10.0. The van der Waals surface area contributed by atoms with E-state index in [1.807, 2.05) is 6.20 Å². The molecule has 0 amide bonds. The van der Waals surface area contributed by atoms with Gasteiger partial charge in [-0.1, -0.05) is 6.07 Å². The van der Waals surface area contributed by atoms with Crippen LogP contribution in [0.2, 0.25) is 0 Å². The first-order valence-electron chi connectivity index (χ1n) is 7.76. The molecule has 118 valence electrons. The van der Waals surface area contributed by atoms with Crippen molar-refractivity contribution in [1.29, 1.82) is 0 Å². The quantitative estimate of drug-likeness (QED) is 0.768. The molecule has 1 aliphatic heterocycles. The fraction of sp³-hybridized carbons (Fsp3) is 0.688. The van der Waals surface area contributed by atoms with Crippen LogP contribution in [0.1, 0.15) is 18.4 Å². The molecule has 0 unspecified atom stereocenters. The molecule has 2 rings (SSSR count). The summed E-state index contributed by atoms with van der Waals surface area (Å²) in [4.78, 5) is 9.34. The van der Waals surface area contributed by atoms with Gasteiger partial charge in [0.05, 0.1) is 6.61 Å². The summed E-state index contributed by atoms with van der Waals surface area (Å²) in [7, 11) is 6.07. The molecular formula is C16H28N4O. The summed E-state index contributed by atoms with van der Waals surface area (Å²) >= 11 is 0. The van der Waals surface area contributed by atoms with Crippen LogP contribution in [0.5, 0.6) is 0 Å². The molecule has 0 bridgehead atoms. The van der Waals surface area contributed by atoms with Crippen molar-refractivity contribution in [3.05, 3.63) is 23.9 Å². The smallest absolute Gasteiger partial charge is 0.128 e. The monoisotopic (exact) mass is 292 g/mol. The SMILES string of the molecule is COCCNCc1ccc(N(C)C2CCN(C)CC2)nc1. The van der Waals surface area contributed by atoms with Crippen molar-refractivity contribution in [2.75, 3.05) is 52.3 Å². The Morgan fingerprint density at radius 3 is 2.76 bits per heavy atom. The number of aromatic nitrogens is 1.